The normalized spacial score (nSPS) is 10.8. The van der Waals surface area contributed by atoms with Gasteiger partial charge >= 0.3 is 0 Å². The lowest BCUT2D eigenvalue weighted by Gasteiger charge is -1.92. The van der Waals surface area contributed by atoms with Gasteiger partial charge in [-0.25, -0.2) is 0 Å². The predicted octanol–water partition coefficient (Wildman–Crippen LogP) is 3.69. The summed E-state index contributed by atoms with van der Waals surface area (Å²) in [4.78, 5) is 4.31. The van der Waals surface area contributed by atoms with Crippen molar-refractivity contribution in [1.29, 1.82) is 0 Å². The summed E-state index contributed by atoms with van der Waals surface area (Å²) in [6, 6.07) is 5.77. The Morgan fingerprint density at radius 2 is 2.25 bits per heavy atom. The zero-order chi connectivity index (χ0) is 8.55. The number of aromatic nitrogens is 1. The molecule has 0 amide bonds. The topological polar surface area (TPSA) is 12.9 Å². The van der Waals surface area contributed by atoms with Crippen molar-refractivity contribution in [2.24, 2.45) is 0 Å². The quantitative estimate of drug-likeness (QED) is 0.665. The first-order valence-electron chi connectivity index (χ1n) is 3.40. The lowest BCUT2D eigenvalue weighted by Crippen LogP contribution is -1.82. The molecule has 4 heteroatoms. The summed E-state index contributed by atoms with van der Waals surface area (Å²) in [6.45, 7) is 0. The van der Waals surface area contributed by atoms with E-state index in [1.54, 1.807) is 0 Å². The van der Waals surface area contributed by atoms with Crippen LogP contribution in [0.3, 0.4) is 0 Å². The molecule has 0 aliphatic heterocycles. The number of rotatable bonds is 1. The molecule has 0 saturated carbocycles. The molecule has 62 valence electrons. The Labute approximate surface area is 83.9 Å². The van der Waals surface area contributed by atoms with Crippen LogP contribution in [0.2, 0.25) is 4.34 Å². The number of alkyl halides is 1. The summed E-state index contributed by atoms with van der Waals surface area (Å²) >= 11 is 13.0. The Balaban J connectivity index is 2.66. The van der Waals surface area contributed by atoms with Crippen molar-refractivity contribution in [1.82, 2.24) is 4.98 Å². The Morgan fingerprint density at radius 3 is 3.00 bits per heavy atom. The van der Waals surface area contributed by atoms with Crippen molar-refractivity contribution in [2.75, 3.05) is 0 Å². The molecule has 0 aliphatic rings. The molecule has 2 aromatic heterocycles. The smallest absolute Gasteiger partial charge is 0.0956 e. The first-order valence-corrected chi connectivity index (χ1v) is 5.13. The van der Waals surface area contributed by atoms with Crippen LogP contribution >= 0.6 is 34.5 Å². The van der Waals surface area contributed by atoms with E-state index >= 15 is 0 Å². The average molecular weight is 218 g/mol. The van der Waals surface area contributed by atoms with E-state index in [1.807, 2.05) is 18.2 Å². The number of hydrogen-bond acceptors (Lipinski definition) is 2. The fourth-order valence-electron chi connectivity index (χ4n) is 1.01. The summed E-state index contributed by atoms with van der Waals surface area (Å²) in [5.41, 5.74) is 1.82. The zero-order valence-electron chi connectivity index (χ0n) is 6.05. The molecule has 0 aromatic carbocycles. The highest BCUT2D eigenvalue weighted by Gasteiger charge is 2.01. The van der Waals surface area contributed by atoms with Crippen LogP contribution in [0.4, 0.5) is 0 Å². The van der Waals surface area contributed by atoms with E-state index in [2.05, 4.69) is 4.98 Å². The largest absolute Gasteiger partial charge is 0.251 e. The van der Waals surface area contributed by atoms with Crippen LogP contribution < -0.4 is 0 Å². The average Bonchev–Trinajstić information content (AvgIpc) is 2.43. The lowest BCUT2D eigenvalue weighted by atomic mass is 10.3. The standard InChI is InChI=1S/C8H5Cl2NS/c9-4-5-1-2-7-6(11-5)3-8(10)12-7/h1-3H,4H2. The van der Waals surface area contributed by atoms with Crippen LogP contribution in [-0.2, 0) is 5.88 Å². The Morgan fingerprint density at radius 1 is 1.42 bits per heavy atom. The molecule has 2 heterocycles. The molecule has 0 N–H and O–H groups in total. The SMILES string of the molecule is ClCc1ccc2sc(Cl)cc2n1. The molecule has 0 fully saturated rings. The van der Waals surface area contributed by atoms with E-state index in [9.17, 15) is 0 Å². The highest BCUT2D eigenvalue weighted by molar-refractivity contribution is 7.22. The van der Waals surface area contributed by atoms with Crippen molar-refractivity contribution in [3.63, 3.8) is 0 Å². The van der Waals surface area contributed by atoms with Gasteiger partial charge in [0.2, 0.25) is 0 Å². The molecular formula is C8H5Cl2NS. The van der Waals surface area contributed by atoms with Gasteiger partial charge in [-0.15, -0.1) is 22.9 Å². The Bertz CT molecular complexity index is 410. The predicted molar refractivity (Wildman–Crippen MR) is 54.2 cm³/mol. The van der Waals surface area contributed by atoms with E-state index in [0.29, 0.717) is 5.88 Å². The van der Waals surface area contributed by atoms with Crippen LogP contribution in [0, 0.1) is 0 Å². The van der Waals surface area contributed by atoms with Gasteiger partial charge in [0.15, 0.2) is 0 Å². The van der Waals surface area contributed by atoms with E-state index in [4.69, 9.17) is 23.2 Å². The second kappa shape index (κ2) is 3.21. The van der Waals surface area contributed by atoms with E-state index < -0.39 is 0 Å². The maximum absolute atomic E-state index is 5.82. The fourth-order valence-corrected chi connectivity index (χ4v) is 2.24. The van der Waals surface area contributed by atoms with Crippen molar-refractivity contribution < 1.29 is 0 Å². The number of halogens is 2. The molecule has 12 heavy (non-hydrogen) atoms. The van der Waals surface area contributed by atoms with Gasteiger partial charge in [-0.05, 0) is 18.2 Å². The first kappa shape index (κ1) is 8.30. The van der Waals surface area contributed by atoms with Crippen molar-refractivity contribution in [3.8, 4) is 0 Å². The Hall–Kier alpha value is -0.310. The molecule has 2 rings (SSSR count). The molecule has 0 radical (unpaired) electrons. The third-order valence-electron chi connectivity index (χ3n) is 1.54. The third-order valence-corrected chi connectivity index (χ3v) is 3.03. The minimum Gasteiger partial charge on any atom is -0.251 e. The molecule has 1 nitrogen and oxygen atoms in total. The summed E-state index contributed by atoms with van der Waals surface area (Å²) in [7, 11) is 0. The van der Waals surface area contributed by atoms with Crippen LogP contribution in [-0.4, -0.2) is 4.98 Å². The van der Waals surface area contributed by atoms with Gasteiger partial charge in [-0.3, -0.25) is 4.98 Å². The molecular weight excluding hydrogens is 213 g/mol. The molecule has 0 saturated heterocycles. The second-order valence-corrected chi connectivity index (χ2v) is 4.35. The number of fused-ring (bicyclic) bond motifs is 1. The van der Waals surface area contributed by atoms with Gasteiger partial charge in [0, 0.05) is 0 Å². The third kappa shape index (κ3) is 1.42. The van der Waals surface area contributed by atoms with Gasteiger partial charge in [0.05, 0.1) is 26.1 Å². The molecule has 2 aromatic rings. The molecule has 0 bridgehead atoms. The van der Waals surface area contributed by atoms with E-state index in [0.717, 1.165) is 20.2 Å². The van der Waals surface area contributed by atoms with Gasteiger partial charge in [0.25, 0.3) is 0 Å². The minimum absolute atomic E-state index is 0.448. The second-order valence-electron chi connectivity index (χ2n) is 2.37. The summed E-state index contributed by atoms with van der Waals surface area (Å²) in [5, 5.41) is 0. The van der Waals surface area contributed by atoms with Gasteiger partial charge in [0.1, 0.15) is 0 Å². The summed E-state index contributed by atoms with van der Waals surface area (Å²) in [5.74, 6) is 0.448. The summed E-state index contributed by atoms with van der Waals surface area (Å²) < 4.78 is 1.87. The molecule has 0 atom stereocenters. The highest BCUT2D eigenvalue weighted by atomic mass is 35.5. The Kier molecular flexibility index (Phi) is 2.22. The van der Waals surface area contributed by atoms with Crippen LogP contribution in [0.25, 0.3) is 10.2 Å². The van der Waals surface area contributed by atoms with Gasteiger partial charge in [-0.2, -0.15) is 0 Å². The maximum atomic E-state index is 5.82. The van der Waals surface area contributed by atoms with Gasteiger partial charge in [-0.1, -0.05) is 11.6 Å². The molecule has 0 aliphatic carbocycles. The van der Waals surface area contributed by atoms with Crippen molar-refractivity contribution in [3.05, 3.63) is 28.2 Å². The fraction of sp³-hybridized carbons (Fsp3) is 0.125. The number of thiophene rings is 1. The minimum atomic E-state index is 0.448. The highest BCUT2D eigenvalue weighted by Crippen LogP contribution is 2.28. The zero-order valence-corrected chi connectivity index (χ0v) is 8.38. The lowest BCUT2D eigenvalue weighted by molar-refractivity contribution is 1.22. The monoisotopic (exact) mass is 217 g/mol. The van der Waals surface area contributed by atoms with Crippen LogP contribution in [0.15, 0.2) is 18.2 Å². The van der Waals surface area contributed by atoms with Crippen LogP contribution in [0.5, 0.6) is 0 Å². The number of nitrogens with zero attached hydrogens (tertiary/aromatic N) is 1. The number of pyridine rings is 1. The van der Waals surface area contributed by atoms with Crippen LogP contribution in [0.1, 0.15) is 5.69 Å². The van der Waals surface area contributed by atoms with Gasteiger partial charge < -0.3 is 0 Å². The first-order chi connectivity index (χ1) is 5.79. The summed E-state index contributed by atoms with van der Waals surface area (Å²) in [6.07, 6.45) is 0. The van der Waals surface area contributed by atoms with Crippen molar-refractivity contribution in [2.45, 2.75) is 5.88 Å². The molecule has 0 spiro atoms. The van der Waals surface area contributed by atoms with E-state index in [-0.39, 0.29) is 0 Å². The molecule has 0 unspecified atom stereocenters. The van der Waals surface area contributed by atoms with E-state index in [1.165, 1.54) is 11.3 Å². The number of hydrogen-bond donors (Lipinski definition) is 0. The van der Waals surface area contributed by atoms with Crippen molar-refractivity contribution >= 4 is 44.8 Å². The maximum Gasteiger partial charge on any atom is 0.0956 e.